The van der Waals surface area contributed by atoms with Gasteiger partial charge < -0.3 is 14.6 Å². The Balaban J connectivity index is 1.45. The Labute approximate surface area is 135 Å². The highest BCUT2D eigenvalue weighted by molar-refractivity contribution is 5.91. The Morgan fingerprint density at radius 1 is 1.43 bits per heavy atom. The number of aromatic amines is 1. The lowest BCUT2D eigenvalue weighted by atomic mass is 9.57. The molecule has 2 fully saturated rings. The van der Waals surface area contributed by atoms with E-state index >= 15 is 0 Å². The van der Waals surface area contributed by atoms with Crippen molar-refractivity contribution in [3.63, 3.8) is 0 Å². The highest BCUT2D eigenvalue weighted by Gasteiger charge is 2.53. The first-order chi connectivity index (χ1) is 11.1. The zero-order valence-electron chi connectivity index (χ0n) is 13.6. The second-order valence-corrected chi connectivity index (χ2v) is 7.00. The molecule has 2 aromatic rings. The SMILES string of the molecule is CCc1c[nH]c2ncnc(N3CC4(CC(CC(=O)OC)C4)C3)c12. The Bertz CT molecular complexity index is 740. The Hall–Kier alpha value is -2.11. The van der Waals surface area contributed by atoms with E-state index in [1.807, 2.05) is 6.20 Å². The molecule has 0 atom stereocenters. The molecule has 6 heteroatoms. The number of aromatic nitrogens is 3. The van der Waals surface area contributed by atoms with Crippen molar-refractivity contribution in [1.82, 2.24) is 15.0 Å². The molecule has 122 valence electrons. The molecule has 1 saturated heterocycles. The number of carbonyl (C=O) groups excluding carboxylic acids is 1. The first-order valence-electron chi connectivity index (χ1n) is 8.27. The van der Waals surface area contributed by atoms with E-state index in [1.54, 1.807) is 6.33 Å². The van der Waals surface area contributed by atoms with Crippen LogP contribution in [-0.2, 0) is 16.0 Å². The molecule has 1 spiro atoms. The summed E-state index contributed by atoms with van der Waals surface area (Å²) in [7, 11) is 1.46. The van der Waals surface area contributed by atoms with Crippen LogP contribution in [0.4, 0.5) is 5.82 Å². The minimum absolute atomic E-state index is 0.0848. The monoisotopic (exact) mass is 314 g/mol. The van der Waals surface area contributed by atoms with Gasteiger partial charge in [0.15, 0.2) is 0 Å². The number of ether oxygens (including phenoxy) is 1. The Kier molecular flexibility index (Phi) is 3.28. The number of esters is 1. The van der Waals surface area contributed by atoms with E-state index in [1.165, 1.54) is 12.7 Å². The van der Waals surface area contributed by atoms with Crippen molar-refractivity contribution in [3.05, 3.63) is 18.1 Å². The summed E-state index contributed by atoms with van der Waals surface area (Å²) >= 11 is 0. The van der Waals surface area contributed by atoms with Gasteiger partial charge in [0.2, 0.25) is 0 Å². The molecule has 0 radical (unpaired) electrons. The summed E-state index contributed by atoms with van der Waals surface area (Å²) < 4.78 is 4.76. The highest BCUT2D eigenvalue weighted by atomic mass is 16.5. The van der Waals surface area contributed by atoms with E-state index in [4.69, 9.17) is 4.74 Å². The molecule has 0 bridgehead atoms. The van der Waals surface area contributed by atoms with Crippen LogP contribution in [0.2, 0.25) is 0 Å². The summed E-state index contributed by atoms with van der Waals surface area (Å²) in [6.45, 7) is 4.22. The molecular formula is C17H22N4O2. The maximum Gasteiger partial charge on any atom is 0.305 e. The Morgan fingerprint density at radius 3 is 2.91 bits per heavy atom. The second-order valence-electron chi connectivity index (χ2n) is 7.00. The summed E-state index contributed by atoms with van der Waals surface area (Å²) in [5, 5.41) is 1.16. The van der Waals surface area contributed by atoms with Gasteiger partial charge in [-0.1, -0.05) is 6.92 Å². The zero-order chi connectivity index (χ0) is 16.0. The quantitative estimate of drug-likeness (QED) is 0.877. The molecule has 23 heavy (non-hydrogen) atoms. The van der Waals surface area contributed by atoms with Crippen LogP contribution in [0, 0.1) is 11.3 Å². The zero-order valence-corrected chi connectivity index (χ0v) is 13.6. The number of nitrogens with one attached hydrogen (secondary N) is 1. The molecule has 6 nitrogen and oxygen atoms in total. The van der Waals surface area contributed by atoms with Crippen molar-refractivity contribution in [3.8, 4) is 0 Å². The summed E-state index contributed by atoms with van der Waals surface area (Å²) in [4.78, 5) is 25.8. The fourth-order valence-electron chi connectivity index (χ4n) is 4.33. The van der Waals surface area contributed by atoms with Gasteiger partial charge in [0.05, 0.1) is 12.5 Å². The van der Waals surface area contributed by atoms with Crippen molar-refractivity contribution in [2.45, 2.75) is 32.6 Å². The van der Waals surface area contributed by atoms with Crippen molar-refractivity contribution in [2.75, 3.05) is 25.1 Å². The molecule has 1 saturated carbocycles. The molecule has 2 aromatic heterocycles. The van der Waals surface area contributed by atoms with Gasteiger partial charge in [-0.25, -0.2) is 9.97 Å². The third-order valence-corrected chi connectivity index (χ3v) is 5.39. The average molecular weight is 314 g/mol. The van der Waals surface area contributed by atoms with Crippen LogP contribution in [-0.4, -0.2) is 41.1 Å². The molecular weight excluding hydrogens is 292 g/mol. The van der Waals surface area contributed by atoms with E-state index in [0.717, 1.165) is 49.2 Å². The number of anilines is 1. The lowest BCUT2D eigenvalue weighted by molar-refractivity contribution is -0.144. The molecule has 1 aliphatic carbocycles. The highest BCUT2D eigenvalue weighted by Crippen LogP contribution is 2.54. The molecule has 0 aromatic carbocycles. The van der Waals surface area contributed by atoms with Gasteiger partial charge in [0.1, 0.15) is 17.8 Å². The van der Waals surface area contributed by atoms with Gasteiger partial charge >= 0.3 is 5.97 Å². The number of aryl methyl sites for hydroxylation is 1. The number of methoxy groups -OCH3 is 1. The number of rotatable bonds is 4. The number of nitrogens with zero attached hydrogens (tertiary/aromatic N) is 3. The normalized spacial score (nSPS) is 19.7. The van der Waals surface area contributed by atoms with Crippen LogP contribution in [0.3, 0.4) is 0 Å². The van der Waals surface area contributed by atoms with Gasteiger partial charge in [-0.15, -0.1) is 0 Å². The fourth-order valence-corrected chi connectivity index (χ4v) is 4.33. The van der Waals surface area contributed by atoms with E-state index in [2.05, 4.69) is 26.8 Å². The predicted molar refractivity (Wildman–Crippen MR) is 87.3 cm³/mol. The van der Waals surface area contributed by atoms with E-state index in [0.29, 0.717) is 17.8 Å². The fraction of sp³-hybridized carbons (Fsp3) is 0.588. The molecule has 1 aliphatic heterocycles. The standard InChI is InChI=1S/C17H22N4O2/c1-3-12-7-18-15-14(12)16(20-10-19-15)21-8-17(9-21)5-11(6-17)4-13(22)23-2/h7,10-11H,3-6,8-9H2,1-2H3,(H,18,19,20). The summed E-state index contributed by atoms with van der Waals surface area (Å²) in [5.41, 5.74) is 2.58. The number of fused-ring (bicyclic) bond motifs is 1. The first-order valence-corrected chi connectivity index (χ1v) is 8.27. The molecule has 0 amide bonds. The van der Waals surface area contributed by atoms with E-state index in [-0.39, 0.29) is 5.97 Å². The van der Waals surface area contributed by atoms with Crippen LogP contribution in [0.5, 0.6) is 0 Å². The third-order valence-electron chi connectivity index (χ3n) is 5.39. The maximum atomic E-state index is 11.4. The molecule has 0 unspecified atom stereocenters. The molecule has 2 aliphatic rings. The van der Waals surface area contributed by atoms with Gasteiger partial charge in [-0.05, 0) is 30.7 Å². The van der Waals surface area contributed by atoms with Crippen molar-refractivity contribution < 1.29 is 9.53 Å². The summed E-state index contributed by atoms with van der Waals surface area (Å²) in [5.74, 6) is 1.46. The van der Waals surface area contributed by atoms with Crippen molar-refractivity contribution >= 4 is 22.8 Å². The van der Waals surface area contributed by atoms with Gasteiger partial charge in [0, 0.05) is 31.1 Å². The van der Waals surface area contributed by atoms with E-state index in [9.17, 15) is 4.79 Å². The number of hydrogen-bond acceptors (Lipinski definition) is 5. The topological polar surface area (TPSA) is 71.1 Å². The average Bonchev–Trinajstić information content (AvgIpc) is 2.91. The van der Waals surface area contributed by atoms with Gasteiger partial charge in [0.25, 0.3) is 0 Å². The maximum absolute atomic E-state index is 11.4. The minimum Gasteiger partial charge on any atom is -0.469 e. The lowest BCUT2D eigenvalue weighted by Gasteiger charge is -2.59. The minimum atomic E-state index is -0.0848. The van der Waals surface area contributed by atoms with Crippen LogP contribution in [0.25, 0.3) is 11.0 Å². The summed E-state index contributed by atoms with van der Waals surface area (Å²) in [6, 6.07) is 0. The van der Waals surface area contributed by atoms with Gasteiger partial charge in [-0.2, -0.15) is 0 Å². The lowest BCUT2D eigenvalue weighted by Crippen LogP contribution is -2.62. The number of carbonyl (C=O) groups is 1. The Morgan fingerprint density at radius 2 is 2.22 bits per heavy atom. The predicted octanol–water partition coefficient (Wildman–Crippen LogP) is 2.30. The second kappa shape index (κ2) is 5.22. The van der Waals surface area contributed by atoms with Gasteiger partial charge in [-0.3, -0.25) is 4.79 Å². The number of H-pyrrole nitrogens is 1. The van der Waals surface area contributed by atoms with Crippen LogP contribution in [0.1, 0.15) is 31.7 Å². The van der Waals surface area contributed by atoms with Crippen molar-refractivity contribution in [1.29, 1.82) is 0 Å². The smallest absolute Gasteiger partial charge is 0.305 e. The first kappa shape index (κ1) is 14.5. The largest absolute Gasteiger partial charge is 0.469 e. The van der Waals surface area contributed by atoms with Crippen LogP contribution >= 0.6 is 0 Å². The molecule has 3 heterocycles. The van der Waals surface area contributed by atoms with Crippen LogP contribution < -0.4 is 4.90 Å². The number of hydrogen-bond donors (Lipinski definition) is 1. The van der Waals surface area contributed by atoms with Crippen LogP contribution in [0.15, 0.2) is 12.5 Å². The molecule has 1 N–H and O–H groups in total. The third kappa shape index (κ3) is 2.28. The van der Waals surface area contributed by atoms with Crippen molar-refractivity contribution in [2.24, 2.45) is 11.3 Å². The summed E-state index contributed by atoms with van der Waals surface area (Å²) in [6.07, 6.45) is 7.46. The van der Waals surface area contributed by atoms with E-state index < -0.39 is 0 Å². The molecule has 4 rings (SSSR count).